The van der Waals surface area contributed by atoms with E-state index in [4.69, 9.17) is 4.42 Å². The number of rotatable bonds is 3. The minimum absolute atomic E-state index is 0.165. The average Bonchev–Trinajstić information content (AvgIpc) is 3.92. The molecular weight excluding hydrogens is 775 g/mol. The Labute approximate surface area is 372 Å². The summed E-state index contributed by atoms with van der Waals surface area (Å²) in [5.41, 5.74) is 22.3. The fourth-order valence-electron chi connectivity index (χ4n) is 12.1. The molecule has 11 aromatic rings. The smallest absolute Gasteiger partial charge is 0.137 e. The van der Waals surface area contributed by atoms with E-state index in [1.54, 1.807) is 0 Å². The van der Waals surface area contributed by atoms with Gasteiger partial charge in [-0.25, -0.2) is 0 Å². The van der Waals surface area contributed by atoms with Crippen LogP contribution in [0.5, 0.6) is 0 Å². The van der Waals surface area contributed by atoms with Gasteiger partial charge in [0.05, 0.1) is 5.41 Å². The second-order valence-corrected chi connectivity index (χ2v) is 18.3. The maximum atomic E-state index is 6.61. The molecule has 10 aromatic carbocycles. The van der Waals surface area contributed by atoms with Crippen LogP contribution < -0.4 is 4.90 Å². The van der Waals surface area contributed by atoms with Crippen LogP contribution in [0.3, 0.4) is 0 Å². The molecule has 1 atom stereocenters. The molecule has 2 heteroatoms. The minimum atomic E-state index is -0.632. The molecule has 0 fully saturated rings. The lowest BCUT2D eigenvalue weighted by molar-refractivity contribution is 0.660. The van der Waals surface area contributed by atoms with Gasteiger partial charge in [0, 0.05) is 39.3 Å². The monoisotopic (exact) mass is 815 g/mol. The molecule has 2 nitrogen and oxygen atoms in total. The zero-order valence-corrected chi connectivity index (χ0v) is 35.6. The van der Waals surface area contributed by atoms with Gasteiger partial charge in [-0.3, -0.25) is 0 Å². The van der Waals surface area contributed by atoms with Gasteiger partial charge in [-0.1, -0.05) is 178 Å². The molecule has 0 bridgehead atoms. The van der Waals surface area contributed by atoms with Crippen molar-refractivity contribution in [2.75, 3.05) is 4.90 Å². The molecule has 1 spiro atoms. The van der Waals surface area contributed by atoms with Crippen LogP contribution in [0, 0.1) is 0 Å². The van der Waals surface area contributed by atoms with Crippen molar-refractivity contribution in [1.82, 2.24) is 0 Å². The third kappa shape index (κ3) is 4.59. The molecule has 1 unspecified atom stereocenters. The Kier molecular flexibility index (Phi) is 7.13. The Morgan fingerprint density at radius 3 is 1.58 bits per heavy atom. The van der Waals surface area contributed by atoms with Gasteiger partial charge >= 0.3 is 0 Å². The van der Waals surface area contributed by atoms with Gasteiger partial charge in [0.1, 0.15) is 11.2 Å². The van der Waals surface area contributed by atoms with E-state index in [0.29, 0.717) is 0 Å². The number of benzene rings is 10. The Morgan fingerprint density at radius 1 is 0.328 bits per heavy atom. The molecule has 0 radical (unpaired) electrons. The van der Waals surface area contributed by atoms with Gasteiger partial charge in [-0.15, -0.1) is 0 Å². The fourth-order valence-corrected chi connectivity index (χ4v) is 12.1. The van der Waals surface area contributed by atoms with Crippen LogP contribution in [0.4, 0.5) is 17.1 Å². The average molecular weight is 816 g/mol. The normalized spacial score (nSPS) is 15.8. The van der Waals surface area contributed by atoms with Crippen molar-refractivity contribution in [2.45, 2.75) is 24.7 Å². The summed E-state index contributed by atoms with van der Waals surface area (Å²) < 4.78 is 6.61. The molecule has 0 saturated carbocycles. The van der Waals surface area contributed by atoms with E-state index in [1.165, 1.54) is 88.7 Å². The summed E-state index contributed by atoms with van der Waals surface area (Å²) in [7, 11) is 0. The summed E-state index contributed by atoms with van der Waals surface area (Å²) in [4.78, 5) is 2.46. The quantitative estimate of drug-likeness (QED) is 0.177. The van der Waals surface area contributed by atoms with Crippen molar-refractivity contribution in [3.63, 3.8) is 0 Å². The molecule has 0 N–H and O–H groups in total. The van der Waals surface area contributed by atoms with Crippen molar-refractivity contribution in [3.05, 3.63) is 246 Å². The van der Waals surface area contributed by atoms with E-state index in [0.717, 1.165) is 39.0 Å². The first kappa shape index (κ1) is 35.6. The highest BCUT2D eigenvalue weighted by atomic mass is 16.3. The number of anilines is 3. The molecule has 3 aliphatic rings. The summed E-state index contributed by atoms with van der Waals surface area (Å²) in [6.07, 6.45) is 0. The van der Waals surface area contributed by atoms with Crippen LogP contribution in [0.25, 0.3) is 77.2 Å². The maximum Gasteiger partial charge on any atom is 0.137 e. The number of para-hydroxylation sites is 1. The standard InChI is InChI=1S/C62H41NO/c1-61(2)52-23-11-7-20-46(52)48-32-29-39(35-56(48)61)63(41-30-33-50-49-21-10-14-26-58(49)64-59(50)37-41)40-28-31-47-44-18-6-5-17-43(44)45-19-8-12-24-53(45)62(57(47)36-40)54-25-13-9-22-51(54)60-42-16-4-3-15-38(42)27-34-55(60)62/h3-37H,1-2H3. The largest absolute Gasteiger partial charge is 0.456 e. The second kappa shape index (κ2) is 12.8. The summed E-state index contributed by atoms with van der Waals surface area (Å²) in [6, 6.07) is 79.4. The molecular formula is C62H41NO. The van der Waals surface area contributed by atoms with Crippen LogP contribution in [0.2, 0.25) is 0 Å². The van der Waals surface area contributed by atoms with Crippen molar-refractivity contribution in [3.8, 4) is 44.5 Å². The lowest BCUT2D eigenvalue weighted by atomic mass is 9.65. The number of hydrogen-bond acceptors (Lipinski definition) is 2. The highest BCUT2D eigenvalue weighted by molar-refractivity contribution is 6.08. The molecule has 1 heterocycles. The molecule has 14 rings (SSSR count). The first-order valence-corrected chi connectivity index (χ1v) is 22.4. The van der Waals surface area contributed by atoms with Crippen molar-refractivity contribution >= 4 is 49.8 Å². The van der Waals surface area contributed by atoms with E-state index in [-0.39, 0.29) is 5.41 Å². The second-order valence-electron chi connectivity index (χ2n) is 18.3. The first-order valence-electron chi connectivity index (χ1n) is 22.4. The molecule has 1 aromatic heterocycles. The van der Waals surface area contributed by atoms with Gasteiger partial charge in [0.2, 0.25) is 0 Å². The van der Waals surface area contributed by atoms with Gasteiger partial charge in [0.25, 0.3) is 0 Å². The van der Waals surface area contributed by atoms with Gasteiger partial charge in [-0.2, -0.15) is 0 Å². The fraction of sp³-hybridized carbons (Fsp3) is 0.0645. The van der Waals surface area contributed by atoms with Crippen LogP contribution in [0.1, 0.15) is 47.2 Å². The van der Waals surface area contributed by atoms with Crippen molar-refractivity contribution in [1.29, 1.82) is 0 Å². The maximum absolute atomic E-state index is 6.61. The summed E-state index contributed by atoms with van der Waals surface area (Å²) >= 11 is 0. The highest BCUT2D eigenvalue weighted by Gasteiger charge is 2.50. The SMILES string of the molecule is CC1(C)c2ccccc2-c2ccc(N(c3ccc4c(c3)C3(c5ccccc5-c5ccccc5-4)c4ccccc4-c4c3ccc3ccccc43)c3ccc4c(c3)oc3ccccc34)cc21. The van der Waals surface area contributed by atoms with E-state index in [2.05, 4.69) is 225 Å². The molecule has 64 heavy (non-hydrogen) atoms. The predicted molar refractivity (Wildman–Crippen MR) is 265 cm³/mol. The molecule has 300 valence electrons. The summed E-state index contributed by atoms with van der Waals surface area (Å²) in [5.74, 6) is 0. The molecule has 0 amide bonds. The Balaban J connectivity index is 1.10. The van der Waals surface area contributed by atoms with Gasteiger partial charge < -0.3 is 9.32 Å². The summed E-state index contributed by atoms with van der Waals surface area (Å²) in [6.45, 7) is 4.73. The predicted octanol–water partition coefficient (Wildman–Crippen LogP) is 16.5. The number of hydrogen-bond donors (Lipinski definition) is 0. The number of nitrogens with zero attached hydrogens (tertiary/aromatic N) is 1. The molecule has 3 aliphatic carbocycles. The van der Waals surface area contributed by atoms with Gasteiger partial charge in [-0.05, 0) is 131 Å². The third-order valence-electron chi connectivity index (χ3n) is 14.9. The van der Waals surface area contributed by atoms with Crippen LogP contribution in [0.15, 0.2) is 217 Å². The van der Waals surface area contributed by atoms with Crippen LogP contribution in [-0.4, -0.2) is 0 Å². The lowest BCUT2D eigenvalue weighted by Crippen LogP contribution is -2.29. The Bertz CT molecular complexity index is 3790. The lowest BCUT2D eigenvalue weighted by Gasteiger charge is -2.36. The highest BCUT2D eigenvalue weighted by Crippen LogP contribution is 2.63. The zero-order chi connectivity index (χ0) is 42.3. The third-order valence-corrected chi connectivity index (χ3v) is 14.9. The Hall–Kier alpha value is -7.94. The van der Waals surface area contributed by atoms with Crippen molar-refractivity contribution in [2.24, 2.45) is 0 Å². The first-order chi connectivity index (χ1) is 31.5. The van der Waals surface area contributed by atoms with E-state index >= 15 is 0 Å². The van der Waals surface area contributed by atoms with E-state index < -0.39 is 5.41 Å². The molecule has 0 aliphatic heterocycles. The Morgan fingerprint density at radius 2 is 0.828 bits per heavy atom. The number of furan rings is 1. The zero-order valence-electron chi connectivity index (χ0n) is 35.6. The topological polar surface area (TPSA) is 16.4 Å². The van der Waals surface area contributed by atoms with Gasteiger partial charge in [0.15, 0.2) is 0 Å². The number of fused-ring (bicyclic) bond motifs is 20. The summed E-state index contributed by atoms with van der Waals surface area (Å²) in [5, 5.41) is 4.78. The van der Waals surface area contributed by atoms with Crippen molar-refractivity contribution < 1.29 is 4.42 Å². The van der Waals surface area contributed by atoms with E-state index in [1.807, 2.05) is 6.07 Å². The molecule has 0 saturated heterocycles. The minimum Gasteiger partial charge on any atom is -0.456 e. The van der Waals surface area contributed by atoms with E-state index in [9.17, 15) is 0 Å². The van der Waals surface area contributed by atoms with Crippen LogP contribution in [-0.2, 0) is 10.8 Å². The van der Waals surface area contributed by atoms with Crippen LogP contribution >= 0.6 is 0 Å².